The highest BCUT2D eigenvalue weighted by Crippen LogP contribution is 2.44. The number of aryl methyl sites for hydroxylation is 2. The average molecular weight is 552 g/mol. The first-order valence-electron chi connectivity index (χ1n) is 14.5. The molecule has 2 aliphatic carbocycles. The molecule has 40 heavy (non-hydrogen) atoms. The van der Waals surface area contributed by atoms with E-state index in [1.807, 2.05) is 12.1 Å². The summed E-state index contributed by atoms with van der Waals surface area (Å²) in [6.07, 6.45) is 7.01. The lowest BCUT2D eigenvalue weighted by atomic mass is 9.74. The van der Waals surface area contributed by atoms with E-state index in [1.54, 1.807) is 12.1 Å². The lowest BCUT2D eigenvalue weighted by molar-refractivity contribution is 0.360. The van der Waals surface area contributed by atoms with E-state index in [1.165, 1.54) is 18.2 Å². The van der Waals surface area contributed by atoms with E-state index in [-0.39, 0.29) is 40.3 Å². The van der Waals surface area contributed by atoms with Crippen molar-refractivity contribution in [2.45, 2.75) is 89.4 Å². The molecule has 3 aromatic carbocycles. The fraction of sp³-hybridized carbons (Fsp3) is 0.441. The number of fused-ring (bicyclic) bond motifs is 1. The topological polar surface area (TPSA) is 23.8 Å². The fourth-order valence-corrected chi connectivity index (χ4v) is 6.82. The summed E-state index contributed by atoms with van der Waals surface area (Å²) in [7, 11) is 0. The van der Waals surface area contributed by atoms with Crippen LogP contribution in [0.15, 0.2) is 36.4 Å². The predicted molar refractivity (Wildman–Crippen MR) is 146 cm³/mol. The van der Waals surface area contributed by atoms with Crippen LogP contribution in [0.4, 0.5) is 22.0 Å². The van der Waals surface area contributed by atoms with E-state index in [4.69, 9.17) is 5.26 Å². The summed E-state index contributed by atoms with van der Waals surface area (Å²) >= 11 is 0. The summed E-state index contributed by atoms with van der Waals surface area (Å²) in [6.45, 7) is 2.07. The van der Waals surface area contributed by atoms with Crippen molar-refractivity contribution in [3.05, 3.63) is 104 Å². The maximum absolute atomic E-state index is 15.7. The van der Waals surface area contributed by atoms with E-state index >= 15 is 8.78 Å². The van der Waals surface area contributed by atoms with Gasteiger partial charge >= 0.3 is 0 Å². The van der Waals surface area contributed by atoms with Gasteiger partial charge in [-0.1, -0.05) is 31.5 Å². The minimum atomic E-state index is -1.14. The maximum atomic E-state index is 15.7. The highest BCUT2D eigenvalue weighted by atomic mass is 19.2. The van der Waals surface area contributed by atoms with E-state index in [0.29, 0.717) is 61.6 Å². The monoisotopic (exact) mass is 551 g/mol. The second-order valence-corrected chi connectivity index (χ2v) is 11.5. The smallest absolute Gasteiger partial charge is 0.176 e. The molecule has 0 radical (unpaired) electrons. The number of benzene rings is 3. The zero-order valence-corrected chi connectivity index (χ0v) is 22.8. The molecule has 0 spiro atoms. The van der Waals surface area contributed by atoms with Crippen LogP contribution in [0.3, 0.4) is 0 Å². The Morgan fingerprint density at radius 2 is 1.55 bits per heavy atom. The molecule has 0 N–H and O–H groups in total. The first-order chi connectivity index (χ1) is 19.3. The van der Waals surface area contributed by atoms with Crippen LogP contribution in [0, 0.1) is 46.3 Å². The third-order valence-electron chi connectivity index (χ3n) is 9.04. The van der Waals surface area contributed by atoms with Crippen molar-refractivity contribution in [2.24, 2.45) is 5.92 Å². The molecule has 0 aliphatic heterocycles. The molecule has 0 aromatic heterocycles. The van der Waals surface area contributed by atoms with Gasteiger partial charge < -0.3 is 0 Å². The molecule has 1 atom stereocenters. The Balaban J connectivity index is 1.24. The molecule has 1 nitrogen and oxygen atoms in total. The van der Waals surface area contributed by atoms with Crippen molar-refractivity contribution in [1.82, 2.24) is 0 Å². The highest BCUT2D eigenvalue weighted by molar-refractivity contribution is 5.40. The predicted octanol–water partition coefficient (Wildman–Crippen LogP) is 9.39. The molecule has 0 amide bonds. The molecule has 0 heterocycles. The van der Waals surface area contributed by atoms with Crippen LogP contribution in [-0.2, 0) is 25.7 Å². The van der Waals surface area contributed by atoms with Crippen LogP contribution in [0.25, 0.3) is 0 Å². The standard InChI is InChI=1S/C34H34F5N/c1-2-3-20-4-7-23(29(35)17-20)8-5-21-6-14-28-26(16-21)18-30(36)31(33(28)38)24-11-9-22(10-12-24)27-15-13-25(19-40)32(37)34(27)39/h4,7,13,15,17-18,21-22,24H,2-3,5-6,8-12,14,16H2,1H3. The van der Waals surface area contributed by atoms with Crippen LogP contribution >= 0.6 is 0 Å². The second-order valence-electron chi connectivity index (χ2n) is 11.5. The number of halogens is 5. The van der Waals surface area contributed by atoms with Gasteiger partial charge in [0.1, 0.15) is 23.5 Å². The van der Waals surface area contributed by atoms with Crippen LogP contribution in [0.1, 0.15) is 103 Å². The lowest BCUT2D eigenvalue weighted by Crippen LogP contribution is -2.21. The molecule has 6 heteroatoms. The first-order valence-corrected chi connectivity index (χ1v) is 14.5. The molecule has 2 aliphatic rings. The fourth-order valence-electron chi connectivity index (χ4n) is 6.82. The van der Waals surface area contributed by atoms with Gasteiger partial charge in [0.25, 0.3) is 0 Å². The van der Waals surface area contributed by atoms with Crippen molar-refractivity contribution in [1.29, 1.82) is 5.26 Å². The zero-order valence-electron chi connectivity index (χ0n) is 22.8. The Bertz CT molecular complexity index is 1430. The first kappa shape index (κ1) is 28.3. The summed E-state index contributed by atoms with van der Waals surface area (Å²) in [5.74, 6) is -3.63. The summed E-state index contributed by atoms with van der Waals surface area (Å²) in [6, 6.07) is 11.3. The van der Waals surface area contributed by atoms with Gasteiger partial charge in [0.05, 0.1) is 5.56 Å². The molecule has 0 bridgehead atoms. The summed E-state index contributed by atoms with van der Waals surface area (Å²) in [4.78, 5) is 0. The van der Waals surface area contributed by atoms with Crippen molar-refractivity contribution in [3.63, 3.8) is 0 Å². The molecule has 1 fully saturated rings. The Labute approximate surface area is 233 Å². The van der Waals surface area contributed by atoms with Crippen molar-refractivity contribution in [3.8, 4) is 6.07 Å². The summed E-state index contributed by atoms with van der Waals surface area (Å²) in [5.41, 5.74) is 3.00. The van der Waals surface area contributed by atoms with Crippen LogP contribution in [0.5, 0.6) is 0 Å². The summed E-state index contributed by atoms with van der Waals surface area (Å²) in [5, 5.41) is 8.92. The third-order valence-corrected chi connectivity index (χ3v) is 9.04. The van der Waals surface area contributed by atoms with E-state index in [9.17, 15) is 13.2 Å². The second kappa shape index (κ2) is 12.1. The number of hydrogen-bond acceptors (Lipinski definition) is 1. The molecule has 5 rings (SSSR count). The lowest BCUT2D eigenvalue weighted by Gasteiger charge is -2.32. The zero-order chi connectivity index (χ0) is 28.4. The maximum Gasteiger partial charge on any atom is 0.176 e. The molecule has 210 valence electrons. The molecule has 0 saturated heterocycles. The van der Waals surface area contributed by atoms with Crippen LogP contribution in [-0.4, -0.2) is 0 Å². The van der Waals surface area contributed by atoms with Gasteiger partial charge in [-0.25, -0.2) is 22.0 Å². The average Bonchev–Trinajstić information content (AvgIpc) is 2.94. The van der Waals surface area contributed by atoms with E-state index < -0.39 is 23.3 Å². The largest absolute Gasteiger partial charge is 0.207 e. The van der Waals surface area contributed by atoms with Gasteiger partial charge in [-0.15, -0.1) is 0 Å². The van der Waals surface area contributed by atoms with Crippen LogP contribution < -0.4 is 0 Å². The number of hydrogen-bond donors (Lipinski definition) is 0. The highest BCUT2D eigenvalue weighted by Gasteiger charge is 2.32. The Hall–Kier alpha value is -3.20. The Morgan fingerprint density at radius 1 is 0.800 bits per heavy atom. The van der Waals surface area contributed by atoms with Crippen LogP contribution in [0.2, 0.25) is 0 Å². The van der Waals surface area contributed by atoms with Crippen molar-refractivity contribution in [2.75, 3.05) is 0 Å². The molecular weight excluding hydrogens is 517 g/mol. The van der Waals surface area contributed by atoms with Crippen molar-refractivity contribution < 1.29 is 22.0 Å². The normalized spacial score (nSPS) is 20.7. The molecule has 1 unspecified atom stereocenters. The van der Waals surface area contributed by atoms with Gasteiger partial charge in [-0.2, -0.15) is 5.26 Å². The summed E-state index contributed by atoms with van der Waals surface area (Å²) < 4.78 is 74.3. The minimum Gasteiger partial charge on any atom is -0.207 e. The quantitative estimate of drug-likeness (QED) is 0.268. The van der Waals surface area contributed by atoms with Gasteiger partial charge in [-0.3, -0.25) is 0 Å². The van der Waals surface area contributed by atoms with E-state index in [2.05, 4.69) is 6.92 Å². The SMILES string of the molecule is CCCc1ccc(CCC2CCc3c(cc(F)c(C4CCC(c5ccc(C#N)c(F)c5F)CC4)c3F)C2)c(F)c1. The number of nitriles is 1. The molecular formula is C34H34F5N. The number of rotatable bonds is 7. The van der Waals surface area contributed by atoms with Gasteiger partial charge in [0.2, 0.25) is 0 Å². The molecule has 3 aromatic rings. The minimum absolute atomic E-state index is 0.122. The molecule has 1 saturated carbocycles. The number of nitrogens with zero attached hydrogens (tertiary/aromatic N) is 1. The third kappa shape index (κ3) is 5.66. The Kier molecular flexibility index (Phi) is 8.59. The van der Waals surface area contributed by atoms with Gasteiger partial charge in [-0.05, 0) is 128 Å². The van der Waals surface area contributed by atoms with Gasteiger partial charge in [0.15, 0.2) is 11.6 Å². The van der Waals surface area contributed by atoms with Gasteiger partial charge in [0, 0.05) is 5.56 Å². The van der Waals surface area contributed by atoms with E-state index in [0.717, 1.165) is 31.2 Å². The van der Waals surface area contributed by atoms with Crippen molar-refractivity contribution >= 4 is 0 Å². The Morgan fingerprint density at radius 3 is 2.25 bits per heavy atom.